The van der Waals surface area contributed by atoms with Crippen molar-refractivity contribution >= 4 is 12.0 Å². The van der Waals surface area contributed by atoms with Gasteiger partial charge in [-0.3, -0.25) is 0 Å². The van der Waals surface area contributed by atoms with Gasteiger partial charge >= 0.3 is 5.97 Å². The highest BCUT2D eigenvalue weighted by molar-refractivity contribution is 5.85. The van der Waals surface area contributed by atoms with Gasteiger partial charge in [0.25, 0.3) is 0 Å². The van der Waals surface area contributed by atoms with E-state index < -0.39 is 5.97 Å². The number of benzene rings is 2. The summed E-state index contributed by atoms with van der Waals surface area (Å²) in [5.41, 5.74) is 3.28. The minimum atomic E-state index is -0.934. The van der Waals surface area contributed by atoms with Crippen molar-refractivity contribution in [3.63, 3.8) is 0 Å². The zero-order chi connectivity index (χ0) is 17.2. The van der Waals surface area contributed by atoms with Crippen molar-refractivity contribution in [3.05, 3.63) is 77.4 Å². The molecule has 0 aliphatic rings. The van der Waals surface area contributed by atoms with Crippen molar-refractivity contribution in [3.8, 4) is 0 Å². The second kappa shape index (κ2) is 9.68. The van der Waals surface area contributed by atoms with Crippen LogP contribution in [0.5, 0.6) is 0 Å². The molecule has 0 bridgehead atoms. The smallest absolute Gasteiger partial charge is 0.328 e. The molecule has 1 atom stereocenters. The van der Waals surface area contributed by atoms with Crippen molar-refractivity contribution < 1.29 is 14.6 Å². The number of hydrogen-bond donors (Lipinski definition) is 1. The minimum absolute atomic E-state index is 0.190. The Labute approximate surface area is 143 Å². The number of aliphatic carboxylic acids is 1. The number of hydrogen-bond acceptors (Lipinski definition) is 2. The van der Waals surface area contributed by atoms with Gasteiger partial charge in [-0.15, -0.1) is 0 Å². The highest BCUT2D eigenvalue weighted by Crippen LogP contribution is 2.15. The van der Waals surface area contributed by atoms with Gasteiger partial charge in [-0.05, 0) is 35.6 Å². The summed E-state index contributed by atoms with van der Waals surface area (Å²) in [6, 6.07) is 18.2. The van der Waals surface area contributed by atoms with Crippen LogP contribution in [0.15, 0.2) is 60.7 Å². The standard InChI is InChI=1S/C21H24O3/c1-2-6-20(24-16-19-7-4-3-5-8-19)15-18-11-9-17(10-12-18)13-14-21(22)23/h3-5,7-14,20H,2,6,15-16H2,1H3,(H,22,23)/b14-13+. The fourth-order valence-corrected chi connectivity index (χ4v) is 2.55. The highest BCUT2D eigenvalue weighted by Gasteiger charge is 2.09. The quantitative estimate of drug-likeness (QED) is 0.679. The van der Waals surface area contributed by atoms with Gasteiger partial charge in [-0.25, -0.2) is 4.79 Å². The molecule has 2 aromatic carbocycles. The predicted molar refractivity (Wildman–Crippen MR) is 96.7 cm³/mol. The molecule has 0 radical (unpaired) electrons. The number of rotatable bonds is 9. The molecular weight excluding hydrogens is 300 g/mol. The molecule has 0 fully saturated rings. The largest absolute Gasteiger partial charge is 0.478 e. The zero-order valence-electron chi connectivity index (χ0n) is 14.0. The Balaban J connectivity index is 1.93. The third-order valence-electron chi connectivity index (χ3n) is 3.80. The molecule has 3 nitrogen and oxygen atoms in total. The van der Waals surface area contributed by atoms with Crippen LogP contribution in [0, 0.1) is 0 Å². The number of ether oxygens (including phenoxy) is 1. The Morgan fingerprint density at radius 1 is 1.08 bits per heavy atom. The first-order valence-corrected chi connectivity index (χ1v) is 8.33. The Hall–Kier alpha value is -2.39. The fourth-order valence-electron chi connectivity index (χ4n) is 2.55. The van der Waals surface area contributed by atoms with Gasteiger partial charge in [0, 0.05) is 6.08 Å². The highest BCUT2D eigenvalue weighted by atomic mass is 16.5. The second-order valence-electron chi connectivity index (χ2n) is 5.82. The molecular formula is C21H24O3. The molecule has 0 amide bonds. The van der Waals surface area contributed by atoms with E-state index in [1.54, 1.807) is 6.08 Å². The maximum Gasteiger partial charge on any atom is 0.328 e. The third kappa shape index (κ3) is 6.39. The molecule has 126 valence electrons. The normalized spacial score (nSPS) is 12.4. The molecule has 0 heterocycles. The summed E-state index contributed by atoms with van der Waals surface area (Å²) in [4.78, 5) is 10.5. The molecule has 0 aromatic heterocycles. The van der Waals surface area contributed by atoms with E-state index in [4.69, 9.17) is 9.84 Å². The Morgan fingerprint density at radius 2 is 1.79 bits per heavy atom. The minimum Gasteiger partial charge on any atom is -0.478 e. The van der Waals surface area contributed by atoms with Crippen LogP contribution in [0.1, 0.15) is 36.5 Å². The third-order valence-corrected chi connectivity index (χ3v) is 3.80. The maximum atomic E-state index is 10.5. The van der Waals surface area contributed by atoms with Crippen LogP contribution in [-0.4, -0.2) is 17.2 Å². The molecule has 0 aliphatic heterocycles. The molecule has 0 saturated carbocycles. The van der Waals surface area contributed by atoms with Gasteiger partial charge in [0.05, 0.1) is 12.7 Å². The van der Waals surface area contributed by atoms with E-state index in [-0.39, 0.29) is 6.10 Å². The SMILES string of the molecule is CCCC(Cc1ccc(/C=C/C(=O)O)cc1)OCc1ccccc1. The van der Waals surface area contributed by atoms with Gasteiger partial charge in [0.2, 0.25) is 0 Å². The molecule has 3 heteroatoms. The Bertz CT molecular complexity index is 645. The van der Waals surface area contributed by atoms with Crippen LogP contribution in [0.25, 0.3) is 6.08 Å². The van der Waals surface area contributed by atoms with Crippen molar-refractivity contribution in [1.29, 1.82) is 0 Å². The molecule has 0 aliphatic carbocycles. The Kier molecular flexibility index (Phi) is 7.24. The second-order valence-corrected chi connectivity index (χ2v) is 5.82. The van der Waals surface area contributed by atoms with E-state index in [2.05, 4.69) is 19.1 Å². The number of carbonyl (C=O) groups is 1. The fraction of sp³-hybridized carbons (Fsp3) is 0.286. The summed E-state index contributed by atoms with van der Waals surface area (Å²) >= 11 is 0. The van der Waals surface area contributed by atoms with Crippen molar-refractivity contribution in [2.45, 2.75) is 38.9 Å². The molecule has 1 unspecified atom stereocenters. The van der Waals surface area contributed by atoms with E-state index in [0.717, 1.165) is 30.9 Å². The van der Waals surface area contributed by atoms with Gasteiger partial charge in [-0.2, -0.15) is 0 Å². The summed E-state index contributed by atoms with van der Waals surface area (Å²) in [6.07, 6.45) is 5.91. The number of carboxylic acids is 1. The molecule has 1 N–H and O–H groups in total. The average molecular weight is 324 g/mol. The molecule has 0 saturated heterocycles. The van der Waals surface area contributed by atoms with Crippen LogP contribution in [0.3, 0.4) is 0 Å². The van der Waals surface area contributed by atoms with Crippen molar-refractivity contribution in [2.24, 2.45) is 0 Å². The lowest BCUT2D eigenvalue weighted by Crippen LogP contribution is -2.16. The van der Waals surface area contributed by atoms with Gasteiger partial charge in [0.15, 0.2) is 0 Å². The van der Waals surface area contributed by atoms with Crippen LogP contribution < -0.4 is 0 Å². The molecule has 2 aromatic rings. The predicted octanol–water partition coefficient (Wildman–Crippen LogP) is 4.71. The summed E-state index contributed by atoms with van der Waals surface area (Å²) in [5, 5.41) is 8.66. The molecule has 2 rings (SSSR count). The van der Waals surface area contributed by atoms with Crippen molar-refractivity contribution in [1.82, 2.24) is 0 Å². The van der Waals surface area contributed by atoms with E-state index in [1.165, 1.54) is 11.1 Å². The average Bonchev–Trinajstić information content (AvgIpc) is 2.60. The Morgan fingerprint density at radius 3 is 2.42 bits per heavy atom. The van der Waals surface area contributed by atoms with Crippen molar-refractivity contribution in [2.75, 3.05) is 0 Å². The molecule has 0 spiro atoms. The number of carboxylic acid groups (broad SMARTS) is 1. The van der Waals surface area contributed by atoms with E-state index >= 15 is 0 Å². The summed E-state index contributed by atoms with van der Waals surface area (Å²) < 4.78 is 6.09. The first-order valence-electron chi connectivity index (χ1n) is 8.33. The summed E-state index contributed by atoms with van der Waals surface area (Å²) in [6.45, 7) is 2.80. The first-order chi connectivity index (χ1) is 11.7. The lowest BCUT2D eigenvalue weighted by molar-refractivity contribution is -0.131. The maximum absolute atomic E-state index is 10.5. The topological polar surface area (TPSA) is 46.5 Å². The summed E-state index contributed by atoms with van der Waals surface area (Å²) in [7, 11) is 0. The van der Waals surface area contributed by atoms with Gasteiger partial charge < -0.3 is 9.84 Å². The van der Waals surface area contributed by atoms with Crippen LogP contribution >= 0.6 is 0 Å². The van der Waals surface area contributed by atoms with E-state index in [0.29, 0.717) is 6.61 Å². The van der Waals surface area contributed by atoms with E-state index in [1.807, 2.05) is 42.5 Å². The zero-order valence-corrected chi connectivity index (χ0v) is 14.0. The summed E-state index contributed by atoms with van der Waals surface area (Å²) in [5.74, 6) is -0.934. The monoisotopic (exact) mass is 324 g/mol. The van der Waals surface area contributed by atoms with Gasteiger partial charge in [-0.1, -0.05) is 67.9 Å². The van der Waals surface area contributed by atoms with Gasteiger partial charge in [0.1, 0.15) is 0 Å². The lowest BCUT2D eigenvalue weighted by Gasteiger charge is -2.17. The first kappa shape index (κ1) is 18.0. The van der Waals surface area contributed by atoms with Crippen LogP contribution in [-0.2, 0) is 22.6 Å². The van der Waals surface area contributed by atoms with Crippen LogP contribution in [0.2, 0.25) is 0 Å². The lowest BCUT2D eigenvalue weighted by atomic mass is 10.0. The van der Waals surface area contributed by atoms with Crippen LogP contribution in [0.4, 0.5) is 0 Å². The van der Waals surface area contributed by atoms with E-state index in [9.17, 15) is 4.79 Å². The molecule has 24 heavy (non-hydrogen) atoms.